The van der Waals surface area contributed by atoms with E-state index in [1.807, 2.05) is 0 Å². The van der Waals surface area contributed by atoms with Crippen molar-refractivity contribution in [3.63, 3.8) is 0 Å². The van der Waals surface area contributed by atoms with E-state index in [9.17, 15) is 18.4 Å². The van der Waals surface area contributed by atoms with Crippen LogP contribution in [0.3, 0.4) is 0 Å². The number of benzene rings is 1. The first-order chi connectivity index (χ1) is 9.97. The highest BCUT2D eigenvalue weighted by Crippen LogP contribution is 2.22. The molecule has 110 valence electrons. The van der Waals surface area contributed by atoms with Crippen LogP contribution in [-0.2, 0) is 6.54 Å². The van der Waals surface area contributed by atoms with Gasteiger partial charge in [0.1, 0.15) is 16.6 Å². The number of carbonyl (C=O) groups is 2. The molecule has 2 aromatic rings. The van der Waals surface area contributed by atoms with Crippen LogP contribution in [0.4, 0.5) is 18.6 Å². The van der Waals surface area contributed by atoms with Crippen molar-refractivity contribution >= 4 is 28.3 Å². The van der Waals surface area contributed by atoms with Gasteiger partial charge < -0.3 is 10.4 Å². The highest BCUT2D eigenvalue weighted by Gasteiger charge is 2.14. The number of anilines is 1. The molecule has 0 spiro atoms. The van der Waals surface area contributed by atoms with Gasteiger partial charge in [-0.2, -0.15) is 0 Å². The molecule has 0 aliphatic heterocycles. The minimum Gasteiger partial charge on any atom is -0.478 e. The Balaban J connectivity index is 1.98. The molecule has 0 saturated carbocycles. The van der Waals surface area contributed by atoms with Crippen molar-refractivity contribution in [3.05, 3.63) is 52.4 Å². The molecule has 0 bridgehead atoms. The molecular weight excluding hydrogens is 302 g/mol. The highest BCUT2D eigenvalue weighted by molar-refractivity contribution is 7.14. The molecule has 2 amide bonds. The summed E-state index contributed by atoms with van der Waals surface area (Å²) < 4.78 is 26.3. The van der Waals surface area contributed by atoms with Gasteiger partial charge in [-0.3, -0.25) is 5.32 Å². The van der Waals surface area contributed by atoms with Crippen LogP contribution in [0, 0.1) is 11.6 Å². The largest absolute Gasteiger partial charge is 0.478 e. The average Bonchev–Trinajstić information content (AvgIpc) is 2.88. The van der Waals surface area contributed by atoms with Crippen molar-refractivity contribution in [3.8, 4) is 0 Å². The fourth-order valence-electron chi connectivity index (χ4n) is 1.58. The summed E-state index contributed by atoms with van der Waals surface area (Å²) in [6.07, 6.45) is 0. The van der Waals surface area contributed by atoms with E-state index >= 15 is 0 Å². The summed E-state index contributed by atoms with van der Waals surface area (Å²) in [5.41, 5.74) is -0.0399. The number of halogens is 2. The first-order valence-electron chi connectivity index (χ1n) is 5.77. The number of nitrogens with one attached hydrogen (secondary N) is 2. The van der Waals surface area contributed by atoms with Crippen molar-refractivity contribution < 1.29 is 23.5 Å². The van der Waals surface area contributed by atoms with Gasteiger partial charge in [-0.05, 0) is 29.6 Å². The molecule has 0 aliphatic rings. The molecule has 1 heterocycles. The molecule has 8 heteroatoms. The molecule has 0 atom stereocenters. The maximum absolute atomic E-state index is 13.4. The fraction of sp³-hybridized carbons (Fsp3) is 0.0769. The first kappa shape index (κ1) is 14.9. The predicted molar refractivity (Wildman–Crippen MR) is 73.5 cm³/mol. The number of urea groups is 1. The van der Waals surface area contributed by atoms with Crippen molar-refractivity contribution in [2.75, 3.05) is 5.32 Å². The molecule has 1 aromatic carbocycles. The third-order valence-electron chi connectivity index (χ3n) is 2.57. The molecule has 0 saturated heterocycles. The van der Waals surface area contributed by atoms with E-state index in [0.717, 1.165) is 29.5 Å². The lowest BCUT2D eigenvalue weighted by molar-refractivity contribution is 0.0698. The molecule has 5 nitrogen and oxygen atoms in total. The maximum atomic E-state index is 13.4. The Morgan fingerprint density at radius 1 is 1.24 bits per heavy atom. The molecule has 1 aromatic heterocycles. The number of carbonyl (C=O) groups excluding carboxylic acids is 1. The number of amides is 2. The minimum absolute atomic E-state index is 0.00483. The zero-order valence-corrected chi connectivity index (χ0v) is 11.3. The van der Waals surface area contributed by atoms with Gasteiger partial charge in [-0.25, -0.2) is 18.4 Å². The predicted octanol–water partition coefficient (Wildman–Crippen LogP) is 3.05. The van der Waals surface area contributed by atoms with Crippen molar-refractivity contribution in [2.45, 2.75) is 6.54 Å². The van der Waals surface area contributed by atoms with E-state index in [-0.39, 0.29) is 22.7 Å². The molecule has 0 aliphatic carbocycles. The standard InChI is InChI=1S/C13H10F2N2O3S/c14-8-1-2-10(15)7(5-8)6-16-13(20)17-11-9(12(18)19)3-4-21-11/h1-5H,6H2,(H,18,19)(H2,16,17,20). The summed E-state index contributed by atoms with van der Waals surface area (Å²) in [6.45, 7) is -0.219. The van der Waals surface area contributed by atoms with Gasteiger partial charge in [-0.15, -0.1) is 11.3 Å². The Morgan fingerprint density at radius 2 is 2.00 bits per heavy atom. The van der Waals surface area contributed by atoms with Crippen LogP contribution in [0.1, 0.15) is 15.9 Å². The zero-order chi connectivity index (χ0) is 15.4. The Bertz CT molecular complexity index is 688. The second-order valence-corrected chi connectivity index (χ2v) is 4.93. The molecule has 21 heavy (non-hydrogen) atoms. The monoisotopic (exact) mass is 312 g/mol. The van der Waals surface area contributed by atoms with E-state index in [1.165, 1.54) is 11.4 Å². The lowest BCUT2D eigenvalue weighted by atomic mass is 10.2. The average molecular weight is 312 g/mol. The number of carboxylic acids is 1. The third-order valence-corrected chi connectivity index (χ3v) is 3.40. The van der Waals surface area contributed by atoms with Crippen LogP contribution >= 0.6 is 11.3 Å². The molecule has 0 fully saturated rings. The number of aromatic carboxylic acids is 1. The maximum Gasteiger partial charge on any atom is 0.338 e. The van der Waals surface area contributed by atoms with E-state index in [0.29, 0.717) is 0 Å². The zero-order valence-electron chi connectivity index (χ0n) is 10.5. The summed E-state index contributed by atoms with van der Waals surface area (Å²) >= 11 is 1.05. The number of hydrogen-bond donors (Lipinski definition) is 3. The molecule has 3 N–H and O–H groups in total. The fourth-order valence-corrected chi connectivity index (χ4v) is 2.35. The lowest BCUT2D eigenvalue weighted by Crippen LogP contribution is -2.28. The van der Waals surface area contributed by atoms with E-state index in [2.05, 4.69) is 10.6 Å². The number of hydrogen-bond acceptors (Lipinski definition) is 3. The normalized spacial score (nSPS) is 10.2. The Hall–Kier alpha value is -2.48. The number of carboxylic acid groups (broad SMARTS) is 1. The first-order valence-corrected chi connectivity index (χ1v) is 6.65. The van der Waals surface area contributed by atoms with Gasteiger partial charge in [0.05, 0.1) is 5.56 Å². The Kier molecular flexibility index (Phi) is 4.49. The molecule has 0 radical (unpaired) electrons. The Labute approximate surface area is 122 Å². The highest BCUT2D eigenvalue weighted by atomic mass is 32.1. The van der Waals surface area contributed by atoms with E-state index in [1.54, 1.807) is 0 Å². The SMILES string of the molecule is O=C(NCc1cc(F)ccc1F)Nc1sccc1C(=O)O. The number of thiophene rings is 1. The molecular formula is C13H10F2N2O3S. The van der Waals surface area contributed by atoms with Crippen LogP contribution in [0.2, 0.25) is 0 Å². The van der Waals surface area contributed by atoms with Crippen LogP contribution in [0.25, 0.3) is 0 Å². The van der Waals surface area contributed by atoms with Gasteiger partial charge in [-0.1, -0.05) is 0 Å². The molecule has 0 unspecified atom stereocenters. The van der Waals surface area contributed by atoms with Gasteiger partial charge in [0, 0.05) is 12.1 Å². The summed E-state index contributed by atoms with van der Waals surface area (Å²) in [6, 6.07) is 3.57. The third kappa shape index (κ3) is 3.76. The summed E-state index contributed by atoms with van der Waals surface area (Å²) in [4.78, 5) is 22.5. The van der Waals surface area contributed by atoms with Crippen molar-refractivity contribution in [1.29, 1.82) is 0 Å². The molecule has 2 rings (SSSR count). The quantitative estimate of drug-likeness (QED) is 0.812. The van der Waals surface area contributed by atoms with E-state index in [4.69, 9.17) is 5.11 Å². The summed E-state index contributed by atoms with van der Waals surface area (Å²) in [7, 11) is 0. The lowest BCUT2D eigenvalue weighted by Gasteiger charge is -2.08. The Morgan fingerprint density at radius 3 is 2.71 bits per heavy atom. The second kappa shape index (κ2) is 6.31. The summed E-state index contributed by atoms with van der Waals surface area (Å²) in [5, 5.41) is 15.2. The van der Waals surface area contributed by atoms with Crippen LogP contribution in [-0.4, -0.2) is 17.1 Å². The van der Waals surface area contributed by atoms with Crippen LogP contribution in [0.5, 0.6) is 0 Å². The van der Waals surface area contributed by atoms with Gasteiger partial charge in [0.15, 0.2) is 0 Å². The van der Waals surface area contributed by atoms with Crippen molar-refractivity contribution in [2.24, 2.45) is 0 Å². The summed E-state index contributed by atoms with van der Waals surface area (Å²) in [5.74, 6) is -2.41. The van der Waals surface area contributed by atoms with Crippen LogP contribution in [0.15, 0.2) is 29.6 Å². The van der Waals surface area contributed by atoms with Crippen molar-refractivity contribution in [1.82, 2.24) is 5.32 Å². The smallest absolute Gasteiger partial charge is 0.338 e. The van der Waals surface area contributed by atoms with Crippen LogP contribution < -0.4 is 10.6 Å². The number of rotatable bonds is 4. The minimum atomic E-state index is -1.16. The van der Waals surface area contributed by atoms with Gasteiger partial charge >= 0.3 is 12.0 Å². The second-order valence-electron chi connectivity index (χ2n) is 4.01. The topological polar surface area (TPSA) is 78.4 Å². The van der Waals surface area contributed by atoms with E-state index < -0.39 is 23.6 Å². The van der Waals surface area contributed by atoms with Gasteiger partial charge in [0.25, 0.3) is 0 Å². The van der Waals surface area contributed by atoms with Gasteiger partial charge in [0.2, 0.25) is 0 Å².